The fraction of sp³-hybridized carbons (Fsp3) is 0.250. The lowest BCUT2D eigenvalue weighted by molar-refractivity contribution is 0.315. The largest absolute Gasteiger partial charge is 0.395 e. The van der Waals surface area contributed by atoms with E-state index in [0.717, 1.165) is 17.0 Å². The number of thioether (sulfide) groups is 1. The molecule has 0 bridgehead atoms. The Bertz CT molecular complexity index is 320. The third-order valence-electron chi connectivity index (χ3n) is 2.19. The topological polar surface area (TPSA) is 20.2 Å². The van der Waals surface area contributed by atoms with Gasteiger partial charge in [0.2, 0.25) is 0 Å². The summed E-state index contributed by atoms with van der Waals surface area (Å²) in [4.78, 5) is 1.20. The van der Waals surface area contributed by atoms with E-state index >= 15 is 0 Å². The van der Waals surface area contributed by atoms with E-state index in [0.29, 0.717) is 0 Å². The molecule has 0 unspecified atom stereocenters. The van der Waals surface area contributed by atoms with E-state index < -0.39 is 0 Å². The van der Waals surface area contributed by atoms with Crippen molar-refractivity contribution in [3.63, 3.8) is 0 Å². The quantitative estimate of drug-likeness (QED) is 0.766. The summed E-state index contributed by atoms with van der Waals surface area (Å²) in [6, 6.07) is 6.09. The molecule has 0 aliphatic carbocycles. The van der Waals surface area contributed by atoms with E-state index in [-0.39, 0.29) is 6.61 Å². The van der Waals surface area contributed by atoms with Crippen LogP contribution in [0.2, 0.25) is 0 Å². The van der Waals surface area contributed by atoms with Crippen LogP contribution in [0.25, 0.3) is 6.08 Å². The molecule has 1 aromatic rings. The van der Waals surface area contributed by atoms with Gasteiger partial charge in [-0.05, 0) is 23.4 Å². The van der Waals surface area contributed by atoms with Crippen LogP contribution < -0.4 is 0 Å². The molecule has 1 rings (SSSR count). The highest BCUT2D eigenvalue weighted by Gasteiger charge is 2.10. The number of aliphatic hydroxyl groups is 1. The van der Waals surface area contributed by atoms with Crippen LogP contribution in [0.1, 0.15) is 18.1 Å². The minimum atomic E-state index is 0.0959. The molecule has 0 atom stereocenters. The maximum atomic E-state index is 9.09. The molecule has 1 N–H and O–H groups in total. The van der Waals surface area contributed by atoms with Crippen molar-refractivity contribution in [1.29, 1.82) is 0 Å². The summed E-state index contributed by atoms with van der Waals surface area (Å²) in [5, 5.41) is 9.09. The monoisotopic (exact) mass is 207 g/mol. The predicted molar refractivity (Wildman–Crippen MR) is 63.4 cm³/mol. The molecule has 0 fully saturated rings. The molecule has 0 aliphatic heterocycles. The van der Waals surface area contributed by atoms with Gasteiger partial charge < -0.3 is 5.11 Å². The van der Waals surface area contributed by atoms with Crippen molar-refractivity contribution in [2.45, 2.75) is 11.8 Å². The zero-order valence-corrected chi connectivity index (χ0v) is 9.40. The van der Waals surface area contributed by atoms with Gasteiger partial charge in [0.1, 0.15) is 0 Å². The van der Waals surface area contributed by atoms with E-state index in [1.165, 1.54) is 4.90 Å². The smallest absolute Gasteiger partial charge is 0.0534 e. The first kappa shape index (κ1) is 11.3. The second kappa shape index (κ2) is 5.23. The minimum Gasteiger partial charge on any atom is -0.395 e. The molecule has 1 aromatic carbocycles. The fourth-order valence-electron chi connectivity index (χ4n) is 1.39. The first-order valence-corrected chi connectivity index (χ1v) is 5.70. The van der Waals surface area contributed by atoms with Gasteiger partial charge in [-0.15, -0.1) is 11.8 Å². The SMILES string of the molecule is C=Cc1c(SC)cccc1[C](C)CO. The van der Waals surface area contributed by atoms with Gasteiger partial charge in [-0.1, -0.05) is 31.7 Å². The van der Waals surface area contributed by atoms with Crippen molar-refractivity contribution in [2.75, 3.05) is 12.9 Å². The third-order valence-corrected chi connectivity index (χ3v) is 2.98. The molecule has 0 aromatic heterocycles. The van der Waals surface area contributed by atoms with Crippen molar-refractivity contribution in [1.82, 2.24) is 0 Å². The predicted octanol–water partition coefficient (Wildman–Crippen LogP) is 2.99. The Morgan fingerprint density at radius 1 is 1.57 bits per heavy atom. The summed E-state index contributed by atoms with van der Waals surface area (Å²) < 4.78 is 0. The Labute approximate surface area is 89.8 Å². The molecule has 2 heteroatoms. The Balaban J connectivity index is 3.21. The molecule has 0 heterocycles. The zero-order chi connectivity index (χ0) is 10.6. The van der Waals surface area contributed by atoms with Gasteiger partial charge in [0.05, 0.1) is 6.61 Å². The Hall–Kier alpha value is -0.730. The Kier molecular flexibility index (Phi) is 4.23. The van der Waals surface area contributed by atoms with Crippen molar-refractivity contribution in [3.8, 4) is 0 Å². The summed E-state index contributed by atoms with van der Waals surface area (Å²) in [6.07, 6.45) is 3.89. The average Bonchev–Trinajstić information content (AvgIpc) is 2.26. The maximum absolute atomic E-state index is 9.09. The van der Waals surface area contributed by atoms with Gasteiger partial charge in [-0.3, -0.25) is 0 Å². The standard InChI is InChI=1S/C12H15OS/c1-4-10-11(9(2)8-13)6-5-7-12(10)14-3/h4-7,13H,1,8H2,2-3H3. The van der Waals surface area contributed by atoms with Crippen LogP contribution in [-0.2, 0) is 0 Å². The second-order valence-electron chi connectivity index (χ2n) is 3.06. The molecule has 0 amide bonds. The lowest BCUT2D eigenvalue weighted by Gasteiger charge is -2.14. The number of hydrogen-bond donors (Lipinski definition) is 1. The van der Waals surface area contributed by atoms with Gasteiger partial charge in [-0.2, -0.15) is 0 Å². The highest BCUT2D eigenvalue weighted by atomic mass is 32.2. The number of hydrogen-bond acceptors (Lipinski definition) is 2. The van der Waals surface area contributed by atoms with Crippen LogP contribution in [0.3, 0.4) is 0 Å². The molecule has 1 nitrogen and oxygen atoms in total. The van der Waals surface area contributed by atoms with Crippen molar-refractivity contribution in [2.24, 2.45) is 0 Å². The van der Waals surface area contributed by atoms with E-state index in [1.807, 2.05) is 31.4 Å². The van der Waals surface area contributed by atoms with Crippen LogP contribution in [0.5, 0.6) is 0 Å². The normalized spacial score (nSPS) is 10.6. The van der Waals surface area contributed by atoms with Crippen LogP contribution in [0, 0.1) is 5.92 Å². The average molecular weight is 207 g/mol. The Morgan fingerprint density at radius 2 is 2.29 bits per heavy atom. The van der Waals surface area contributed by atoms with Gasteiger partial charge in [0.25, 0.3) is 0 Å². The maximum Gasteiger partial charge on any atom is 0.0534 e. The number of aliphatic hydroxyl groups excluding tert-OH is 1. The third kappa shape index (κ3) is 2.20. The van der Waals surface area contributed by atoms with Gasteiger partial charge in [0, 0.05) is 10.8 Å². The molecule has 75 valence electrons. The van der Waals surface area contributed by atoms with Gasteiger partial charge in [-0.25, -0.2) is 0 Å². The van der Waals surface area contributed by atoms with Gasteiger partial charge >= 0.3 is 0 Å². The molecule has 0 spiro atoms. The van der Waals surface area contributed by atoms with Crippen LogP contribution in [0.15, 0.2) is 29.7 Å². The van der Waals surface area contributed by atoms with E-state index in [2.05, 4.69) is 12.6 Å². The summed E-state index contributed by atoms with van der Waals surface area (Å²) in [5.41, 5.74) is 2.21. The van der Waals surface area contributed by atoms with E-state index in [4.69, 9.17) is 5.11 Å². The number of benzene rings is 1. The number of rotatable bonds is 4. The first-order chi connectivity index (χ1) is 6.74. The molecular weight excluding hydrogens is 192 g/mol. The van der Waals surface area contributed by atoms with Crippen molar-refractivity contribution >= 4 is 17.8 Å². The molecule has 0 saturated carbocycles. The summed E-state index contributed by atoms with van der Waals surface area (Å²) >= 11 is 1.70. The summed E-state index contributed by atoms with van der Waals surface area (Å²) in [6.45, 7) is 5.84. The van der Waals surface area contributed by atoms with Crippen LogP contribution in [0.4, 0.5) is 0 Å². The molecule has 14 heavy (non-hydrogen) atoms. The second-order valence-corrected chi connectivity index (χ2v) is 3.91. The summed E-state index contributed by atoms with van der Waals surface area (Å²) in [7, 11) is 0. The van der Waals surface area contributed by atoms with Crippen molar-refractivity contribution < 1.29 is 5.11 Å². The lowest BCUT2D eigenvalue weighted by atomic mass is 9.96. The first-order valence-electron chi connectivity index (χ1n) is 4.47. The van der Waals surface area contributed by atoms with Gasteiger partial charge in [0.15, 0.2) is 0 Å². The molecule has 0 saturated heterocycles. The molecule has 1 radical (unpaired) electrons. The van der Waals surface area contributed by atoms with E-state index in [1.54, 1.807) is 11.8 Å². The molecular formula is C12H15OS. The van der Waals surface area contributed by atoms with E-state index in [9.17, 15) is 0 Å². The molecule has 0 aliphatic rings. The highest BCUT2D eigenvalue weighted by molar-refractivity contribution is 7.98. The van der Waals surface area contributed by atoms with Crippen LogP contribution in [-0.4, -0.2) is 18.0 Å². The fourth-order valence-corrected chi connectivity index (χ4v) is 2.02. The minimum absolute atomic E-state index is 0.0959. The summed E-state index contributed by atoms with van der Waals surface area (Å²) in [5.74, 6) is 0.982. The van der Waals surface area contributed by atoms with Crippen molar-refractivity contribution in [3.05, 3.63) is 41.8 Å². The highest BCUT2D eigenvalue weighted by Crippen LogP contribution is 2.28. The lowest BCUT2D eigenvalue weighted by Crippen LogP contribution is -2.02. The Morgan fingerprint density at radius 3 is 2.79 bits per heavy atom. The zero-order valence-electron chi connectivity index (χ0n) is 8.58. The van der Waals surface area contributed by atoms with Crippen LogP contribution >= 0.6 is 11.8 Å².